The summed E-state index contributed by atoms with van der Waals surface area (Å²) in [6, 6.07) is 19.7. The van der Waals surface area contributed by atoms with Gasteiger partial charge in [-0.3, -0.25) is 4.79 Å². The van der Waals surface area contributed by atoms with Gasteiger partial charge in [-0.15, -0.1) is 0 Å². The van der Waals surface area contributed by atoms with Crippen LogP contribution in [0.4, 0.5) is 0 Å². The highest BCUT2D eigenvalue weighted by Gasteiger charge is 2.40. The second-order valence-corrected chi connectivity index (χ2v) is 6.95. The fraction of sp³-hybridized carbons (Fsp3) is 0.381. The van der Waals surface area contributed by atoms with E-state index in [9.17, 15) is 9.90 Å². The van der Waals surface area contributed by atoms with Crippen LogP contribution in [0.15, 0.2) is 60.7 Å². The molecule has 1 aliphatic carbocycles. The number of hydrogen-bond acceptors (Lipinski definition) is 2. The third-order valence-corrected chi connectivity index (χ3v) is 5.10. The minimum absolute atomic E-state index is 0.0135. The Hall–Kier alpha value is -2.13. The third kappa shape index (κ3) is 3.22. The van der Waals surface area contributed by atoms with Gasteiger partial charge in [0.2, 0.25) is 5.91 Å². The normalized spacial score (nSPS) is 15.8. The molecule has 0 aliphatic heterocycles. The maximum absolute atomic E-state index is 13.4. The van der Waals surface area contributed by atoms with E-state index in [1.54, 1.807) is 11.9 Å². The van der Waals surface area contributed by atoms with Gasteiger partial charge < -0.3 is 10.0 Å². The maximum Gasteiger partial charge on any atom is 0.237 e. The van der Waals surface area contributed by atoms with Gasteiger partial charge in [0.05, 0.1) is 11.5 Å². The smallest absolute Gasteiger partial charge is 0.237 e. The molecule has 1 amide bonds. The third-order valence-electron chi connectivity index (χ3n) is 5.10. The molecule has 1 unspecified atom stereocenters. The van der Waals surface area contributed by atoms with E-state index < -0.39 is 11.5 Å². The lowest BCUT2D eigenvalue weighted by molar-refractivity contribution is -0.135. The van der Waals surface area contributed by atoms with Gasteiger partial charge in [-0.2, -0.15) is 0 Å². The first kappa shape index (κ1) is 16.7. The van der Waals surface area contributed by atoms with Crippen LogP contribution >= 0.6 is 0 Å². The molecule has 1 N–H and O–H groups in total. The van der Waals surface area contributed by atoms with Crippen molar-refractivity contribution in [1.29, 1.82) is 0 Å². The SMILES string of the molecule is CN(CC(O)C1CC1)C(=O)C(C)(c1ccccc1)c1ccccc1. The molecule has 1 atom stereocenters. The topological polar surface area (TPSA) is 40.5 Å². The Morgan fingerprint density at radius 1 is 1.08 bits per heavy atom. The summed E-state index contributed by atoms with van der Waals surface area (Å²) in [7, 11) is 1.79. The Kier molecular flexibility index (Phi) is 4.72. The van der Waals surface area contributed by atoms with E-state index in [4.69, 9.17) is 0 Å². The quantitative estimate of drug-likeness (QED) is 0.887. The van der Waals surface area contributed by atoms with Crippen LogP contribution in [0.25, 0.3) is 0 Å². The molecule has 1 saturated carbocycles. The summed E-state index contributed by atoms with van der Waals surface area (Å²) >= 11 is 0. The largest absolute Gasteiger partial charge is 0.391 e. The first-order valence-corrected chi connectivity index (χ1v) is 8.58. The number of amides is 1. The summed E-state index contributed by atoms with van der Waals surface area (Å²) in [4.78, 5) is 15.0. The molecule has 24 heavy (non-hydrogen) atoms. The summed E-state index contributed by atoms with van der Waals surface area (Å²) in [5.41, 5.74) is 1.17. The molecule has 0 heterocycles. The van der Waals surface area contributed by atoms with Crippen LogP contribution in [0.1, 0.15) is 30.9 Å². The first-order chi connectivity index (χ1) is 11.5. The summed E-state index contributed by atoms with van der Waals surface area (Å²) in [6.45, 7) is 2.36. The minimum Gasteiger partial charge on any atom is -0.391 e. The fourth-order valence-electron chi connectivity index (χ4n) is 3.33. The standard InChI is InChI=1S/C21H25NO2/c1-21(17-9-5-3-6-10-17,18-11-7-4-8-12-18)20(24)22(2)15-19(23)16-13-14-16/h3-12,16,19,23H,13-15H2,1-2H3. The van der Waals surface area contributed by atoms with Crippen molar-refractivity contribution in [2.45, 2.75) is 31.3 Å². The van der Waals surface area contributed by atoms with E-state index in [0.29, 0.717) is 12.5 Å². The van der Waals surface area contributed by atoms with E-state index in [1.807, 2.05) is 67.6 Å². The molecule has 0 radical (unpaired) electrons. The van der Waals surface area contributed by atoms with Gasteiger partial charge in [0.25, 0.3) is 0 Å². The van der Waals surface area contributed by atoms with Crippen LogP contribution in [0.5, 0.6) is 0 Å². The zero-order valence-corrected chi connectivity index (χ0v) is 14.4. The Morgan fingerprint density at radius 2 is 1.54 bits per heavy atom. The second kappa shape index (κ2) is 6.78. The molecular weight excluding hydrogens is 298 g/mol. The molecule has 0 spiro atoms. The number of aliphatic hydroxyl groups is 1. The molecule has 1 fully saturated rings. The van der Waals surface area contributed by atoms with Gasteiger partial charge >= 0.3 is 0 Å². The average Bonchev–Trinajstić information content (AvgIpc) is 3.47. The van der Waals surface area contributed by atoms with Crippen molar-refractivity contribution in [3.63, 3.8) is 0 Å². The van der Waals surface area contributed by atoms with Crippen LogP contribution in [-0.4, -0.2) is 35.6 Å². The monoisotopic (exact) mass is 323 g/mol. The molecule has 2 aromatic carbocycles. The zero-order chi connectivity index (χ0) is 17.2. The van der Waals surface area contributed by atoms with E-state index >= 15 is 0 Å². The summed E-state index contributed by atoms with van der Waals surface area (Å²) in [6.07, 6.45) is 1.71. The Morgan fingerprint density at radius 3 is 1.96 bits per heavy atom. The van der Waals surface area contributed by atoms with Gasteiger partial charge in [0.15, 0.2) is 0 Å². The molecule has 0 saturated heterocycles. The number of carbonyl (C=O) groups is 1. The zero-order valence-electron chi connectivity index (χ0n) is 14.4. The van der Waals surface area contributed by atoms with Gasteiger partial charge in [0, 0.05) is 13.6 Å². The predicted octanol–water partition coefficient (Wildman–Crippen LogP) is 3.22. The Bertz CT molecular complexity index is 640. The van der Waals surface area contributed by atoms with Crippen LogP contribution in [0.3, 0.4) is 0 Å². The number of rotatable bonds is 6. The van der Waals surface area contributed by atoms with Crippen LogP contribution in [-0.2, 0) is 10.2 Å². The number of aliphatic hydroxyl groups excluding tert-OH is 1. The lowest BCUT2D eigenvalue weighted by Gasteiger charge is -2.34. The lowest BCUT2D eigenvalue weighted by atomic mass is 9.75. The van der Waals surface area contributed by atoms with Crippen molar-refractivity contribution in [2.75, 3.05) is 13.6 Å². The maximum atomic E-state index is 13.4. The molecular formula is C21H25NO2. The highest BCUT2D eigenvalue weighted by Crippen LogP contribution is 2.36. The summed E-state index contributed by atoms with van der Waals surface area (Å²) < 4.78 is 0. The molecule has 3 nitrogen and oxygen atoms in total. The summed E-state index contributed by atoms with van der Waals surface area (Å²) in [5.74, 6) is 0.375. The van der Waals surface area contributed by atoms with Gasteiger partial charge in [0.1, 0.15) is 0 Å². The lowest BCUT2D eigenvalue weighted by Crippen LogP contribution is -2.46. The molecule has 1 aliphatic rings. The highest BCUT2D eigenvalue weighted by atomic mass is 16.3. The van der Waals surface area contributed by atoms with E-state index in [0.717, 1.165) is 24.0 Å². The average molecular weight is 323 g/mol. The number of benzene rings is 2. The van der Waals surface area contributed by atoms with Gasteiger partial charge in [-0.25, -0.2) is 0 Å². The van der Waals surface area contributed by atoms with E-state index in [2.05, 4.69) is 0 Å². The number of carbonyl (C=O) groups excluding carboxylic acids is 1. The second-order valence-electron chi connectivity index (χ2n) is 6.95. The van der Waals surface area contributed by atoms with Crippen molar-refractivity contribution < 1.29 is 9.90 Å². The van der Waals surface area contributed by atoms with Crippen molar-refractivity contribution in [3.05, 3.63) is 71.8 Å². The molecule has 3 rings (SSSR count). The molecule has 2 aromatic rings. The van der Waals surface area contributed by atoms with E-state index in [1.165, 1.54) is 0 Å². The Balaban J connectivity index is 1.93. The van der Waals surface area contributed by atoms with Crippen molar-refractivity contribution in [1.82, 2.24) is 4.90 Å². The molecule has 126 valence electrons. The highest BCUT2D eigenvalue weighted by molar-refractivity contribution is 5.91. The van der Waals surface area contributed by atoms with E-state index in [-0.39, 0.29) is 5.91 Å². The van der Waals surface area contributed by atoms with Gasteiger partial charge in [-0.1, -0.05) is 60.7 Å². The molecule has 0 bridgehead atoms. The van der Waals surface area contributed by atoms with Crippen LogP contribution in [0.2, 0.25) is 0 Å². The van der Waals surface area contributed by atoms with Gasteiger partial charge in [-0.05, 0) is 36.8 Å². The van der Waals surface area contributed by atoms with Crippen LogP contribution in [0, 0.1) is 5.92 Å². The number of likely N-dealkylation sites (N-methyl/N-ethyl adjacent to an activating group) is 1. The molecule has 0 aromatic heterocycles. The van der Waals surface area contributed by atoms with Crippen molar-refractivity contribution in [3.8, 4) is 0 Å². The predicted molar refractivity (Wildman–Crippen MR) is 95.7 cm³/mol. The fourth-order valence-corrected chi connectivity index (χ4v) is 3.33. The number of nitrogens with zero attached hydrogens (tertiary/aromatic N) is 1. The molecule has 3 heteroatoms. The Labute approximate surface area is 143 Å². The van der Waals surface area contributed by atoms with Crippen LogP contribution < -0.4 is 0 Å². The summed E-state index contributed by atoms with van der Waals surface area (Å²) in [5, 5.41) is 10.2. The van der Waals surface area contributed by atoms with Crippen molar-refractivity contribution >= 4 is 5.91 Å². The number of hydrogen-bond donors (Lipinski definition) is 1. The minimum atomic E-state index is -0.763. The van der Waals surface area contributed by atoms with Crippen molar-refractivity contribution in [2.24, 2.45) is 5.92 Å². The first-order valence-electron chi connectivity index (χ1n) is 8.58.